The molecule has 2 aromatic carbocycles. The summed E-state index contributed by atoms with van der Waals surface area (Å²) in [7, 11) is 0. The number of benzene rings is 2. The number of thiocarbonyl (C=S) groups is 1. The molecule has 4 rings (SSSR count). The summed E-state index contributed by atoms with van der Waals surface area (Å²) in [5.41, 5.74) is 2.26. The Labute approximate surface area is 215 Å². The van der Waals surface area contributed by atoms with Crippen molar-refractivity contribution in [1.29, 1.82) is 0 Å². The number of carbonyl (C=O) groups excluding carboxylic acids is 2. The normalized spacial score (nSPS) is 15.5. The van der Waals surface area contributed by atoms with Gasteiger partial charge < -0.3 is 20.0 Å². The van der Waals surface area contributed by atoms with Crippen molar-refractivity contribution in [2.75, 3.05) is 54.4 Å². The molecular weight excluding hydrogens is 480 g/mol. The van der Waals surface area contributed by atoms with Gasteiger partial charge in [0.1, 0.15) is 5.69 Å². The monoisotopic (exact) mass is 510 g/mol. The van der Waals surface area contributed by atoms with E-state index < -0.39 is 10.8 Å². The predicted octanol–water partition coefficient (Wildman–Crippen LogP) is 3.38. The Morgan fingerprint density at radius 3 is 2.31 bits per heavy atom. The number of rotatable bonds is 6. The van der Waals surface area contributed by atoms with Crippen LogP contribution in [0.2, 0.25) is 0 Å². The van der Waals surface area contributed by atoms with Gasteiger partial charge in [-0.3, -0.25) is 25.0 Å². The molecule has 0 radical (unpaired) electrons. The van der Waals surface area contributed by atoms with Gasteiger partial charge in [0.05, 0.1) is 16.3 Å². The Hall–Kier alpha value is -3.73. The van der Waals surface area contributed by atoms with E-state index in [-0.39, 0.29) is 22.3 Å². The van der Waals surface area contributed by atoms with Gasteiger partial charge in [0, 0.05) is 57.3 Å². The van der Waals surface area contributed by atoms with Gasteiger partial charge in [-0.2, -0.15) is 0 Å². The zero-order valence-electron chi connectivity index (χ0n) is 20.2. The lowest BCUT2D eigenvalue weighted by Gasteiger charge is -2.37. The SMILES string of the molecule is CCC(=O)N1CCN(c2ccccc2NC(=S)NC(=O)c2ccc(N3CCCC3)c([N+](=O)[O-])c2)CC1. The van der Waals surface area contributed by atoms with Crippen molar-refractivity contribution in [3.8, 4) is 0 Å². The molecule has 2 amide bonds. The molecule has 0 saturated carbocycles. The molecule has 2 aliphatic rings. The molecule has 0 unspecified atom stereocenters. The first-order valence-electron chi connectivity index (χ1n) is 12.1. The number of amides is 2. The maximum absolute atomic E-state index is 12.8. The quantitative estimate of drug-likeness (QED) is 0.346. The molecule has 11 heteroatoms. The summed E-state index contributed by atoms with van der Waals surface area (Å²) >= 11 is 5.38. The summed E-state index contributed by atoms with van der Waals surface area (Å²) in [6.07, 6.45) is 2.48. The molecule has 2 aliphatic heterocycles. The largest absolute Gasteiger partial charge is 0.366 e. The van der Waals surface area contributed by atoms with Crippen molar-refractivity contribution in [1.82, 2.24) is 10.2 Å². The molecule has 190 valence electrons. The minimum Gasteiger partial charge on any atom is -0.366 e. The highest BCUT2D eigenvalue weighted by atomic mass is 32.1. The van der Waals surface area contributed by atoms with Crippen molar-refractivity contribution in [2.45, 2.75) is 26.2 Å². The van der Waals surface area contributed by atoms with Crippen LogP contribution in [0.3, 0.4) is 0 Å². The Morgan fingerprint density at radius 2 is 1.64 bits per heavy atom. The van der Waals surface area contributed by atoms with E-state index in [1.54, 1.807) is 12.1 Å². The second-order valence-electron chi connectivity index (χ2n) is 8.80. The van der Waals surface area contributed by atoms with Crippen molar-refractivity contribution >= 4 is 51.9 Å². The Balaban J connectivity index is 1.42. The number of nitro groups is 1. The van der Waals surface area contributed by atoms with Crippen molar-refractivity contribution in [3.63, 3.8) is 0 Å². The summed E-state index contributed by atoms with van der Waals surface area (Å²) in [4.78, 5) is 42.1. The van der Waals surface area contributed by atoms with Crippen LogP contribution in [0.15, 0.2) is 42.5 Å². The van der Waals surface area contributed by atoms with Crippen LogP contribution in [0.5, 0.6) is 0 Å². The van der Waals surface area contributed by atoms with Gasteiger partial charge in [-0.15, -0.1) is 0 Å². The molecule has 10 nitrogen and oxygen atoms in total. The van der Waals surface area contributed by atoms with Crippen LogP contribution in [0.4, 0.5) is 22.7 Å². The van der Waals surface area contributed by atoms with Gasteiger partial charge in [0.2, 0.25) is 5.91 Å². The van der Waals surface area contributed by atoms with Crippen LogP contribution in [0.1, 0.15) is 36.5 Å². The van der Waals surface area contributed by atoms with Gasteiger partial charge >= 0.3 is 0 Å². The highest BCUT2D eigenvalue weighted by Gasteiger charge is 2.25. The molecule has 0 aromatic heterocycles. The second kappa shape index (κ2) is 11.3. The first kappa shape index (κ1) is 25.4. The smallest absolute Gasteiger partial charge is 0.293 e. The third kappa shape index (κ3) is 5.73. The second-order valence-corrected chi connectivity index (χ2v) is 9.21. The van der Waals surface area contributed by atoms with Crippen LogP contribution >= 0.6 is 12.2 Å². The summed E-state index contributed by atoms with van der Waals surface area (Å²) in [6, 6.07) is 12.1. The van der Waals surface area contributed by atoms with E-state index in [2.05, 4.69) is 15.5 Å². The zero-order chi connectivity index (χ0) is 25.7. The molecule has 2 fully saturated rings. The minimum absolute atomic E-state index is 0.0885. The highest BCUT2D eigenvalue weighted by molar-refractivity contribution is 7.80. The molecule has 0 atom stereocenters. The van der Waals surface area contributed by atoms with E-state index in [0.29, 0.717) is 38.3 Å². The van der Waals surface area contributed by atoms with Crippen LogP contribution in [0.25, 0.3) is 0 Å². The number of nitrogens with zero attached hydrogens (tertiary/aromatic N) is 4. The summed E-state index contributed by atoms with van der Waals surface area (Å²) < 4.78 is 0. The molecule has 0 aliphatic carbocycles. The molecule has 2 saturated heterocycles. The minimum atomic E-state index is -0.521. The first-order valence-corrected chi connectivity index (χ1v) is 12.6. The third-order valence-corrected chi connectivity index (χ3v) is 6.74. The molecular formula is C25H30N6O4S. The molecule has 0 spiro atoms. The summed E-state index contributed by atoms with van der Waals surface area (Å²) in [5.74, 6) is -0.369. The van der Waals surface area contributed by atoms with Crippen LogP contribution in [0, 0.1) is 10.1 Å². The Kier molecular flexibility index (Phi) is 7.99. The number of para-hydroxylation sites is 2. The lowest BCUT2D eigenvalue weighted by molar-refractivity contribution is -0.384. The number of nitrogens with one attached hydrogen (secondary N) is 2. The molecule has 2 heterocycles. The summed E-state index contributed by atoms with van der Waals surface area (Å²) in [6.45, 7) is 6.08. The fourth-order valence-electron chi connectivity index (χ4n) is 4.64. The maximum Gasteiger partial charge on any atom is 0.293 e. The summed E-state index contributed by atoms with van der Waals surface area (Å²) in [5, 5.41) is 17.5. The van der Waals surface area contributed by atoms with E-state index in [4.69, 9.17) is 12.2 Å². The topological polar surface area (TPSA) is 111 Å². The Bertz CT molecular complexity index is 1160. The van der Waals surface area contributed by atoms with Gasteiger partial charge in [-0.05, 0) is 49.3 Å². The van der Waals surface area contributed by atoms with Gasteiger partial charge in [0.25, 0.3) is 11.6 Å². The average molecular weight is 511 g/mol. The standard InChI is InChI=1S/C25H30N6O4S/c1-2-23(32)30-15-13-29(14-16-30)20-8-4-3-7-19(20)26-25(36)27-24(33)18-9-10-21(22(17-18)31(34)35)28-11-5-6-12-28/h3-4,7-10,17H,2,5-6,11-16H2,1H3,(H2,26,27,33,36). The number of anilines is 3. The van der Waals surface area contributed by atoms with Crippen LogP contribution in [-0.4, -0.2) is 66.0 Å². The first-order chi connectivity index (χ1) is 17.4. The van der Waals surface area contributed by atoms with Gasteiger partial charge in [0.15, 0.2) is 5.11 Å². The van der Waals surface area contributed by atoms with Gasteiger partial charge in [-0.1, -0.05) is 19.1 Å². The number of piperazine rings is 1. The number of carbonyl (C=O) groups is 2. The lowest BCUT2D eigenvalue weighted by atomic mass is 10.1. The van der Waals surface area contributed by atoms with E-state index in [1.165, 1.54) is 6.07 Å². The fraction of sp³-hybridized carbons (Fsp3) is 0.400. The van der Waals surface area contributed by atoms with E-state index in [9.17, 15) is 19.7 Å². The average Bonchev–Trinajstić information content (AvgIpc) is 3.43. The third-order valence-electron chi connectivity index (χ3n) is 6.54. The zero-order valence-corrected chi connectivity index (χ0v) is 21.1. The Morgan fingerprint density at radius 1 is 0.972 bits per heavy atom. The van der Waals surface area contributed by atoms with Crippen LogP contribution in [-0.2, 0) is 4.79 Å². The molecule has 2 N–H and O–H groups in total. The van der Waals surface area contributed by atoms with Crippen molar-refractivity contribution in [2.24, 2.45) is 0 Å². The number of nitro benzene ring substituents is 1. The predicted molar refractivity (Wildman–Crippen MR) is 144 cm³/mol. The van der Waals surface area contributed by atoms with Gasteiger partial charge in [-0.25, -0.2) is 0 Å². The van der Waals surface area contributed by atoms with Crippen molar-refractivity contribution < 1.29 is 14.5 Å². The molecule has 2 aromatic rings. The number of hydrogen-bond acceptors (Lipinski definition) is 7. The lowest BCUT2D eigenvalue weighted by Crippen LogP contribution is -2.48. The van der Waals surface area contributed by atoms with Crippen LogP contribution < -0.4 is 20.4 Å². The number of hydrogen-bond donors (Lipinski definition) is 2. The van der Waals surface area contributed by atoms with E-state index in [1.807, 2.05) is 41.0 Å². The molecule has 36 heavy (non-hydrogen) atoms. The highest BCUT2D eigenvalue weighted by Crippen LogP contribution is 2.32. The molecule has 0 bridgehead atoms. The maximum atomic E-state index is 12.8. The van der Waals surface area contributed by atoms with Crippen molar-refractivity contribution in [3.05, 3.63) is 58.1 Å². The van der Waals surface area contributed by atoms with E-state index in [0.717, 1.165) is 37.3 Å². The fourth-order valence-corrected chi connectivity index (χ4v) is 4.84. The van der Waals surface area contributed by atoms with E-state index >= 15 is 0 Å².